The Kier molecular flexibility index (Phi) is 5.67. The molecule has 0 bridgehead atoms. The van der Waals surface area contributed by atoms with Gasteiger partial charge in [0.05, 0.1) is 16.2 Å². The first-order chi connectivity index (χ1) is 12.5. The van der Waals surface area contributed by atoms with Crippen molar-refractivity contribution in [3.63, 3.8) is 0 Å². The molecule has 6 nitrogen and oxygen atoms in total. The van der Waals surface area contributed by atoms with Crippen molar-refractivity contribution in [2.75, 3.05) is 11.9 Å². The number of aryl methyl sites for hydroxylation is 1. The molecule has 0 saturated carbocycles. The fourth-order valence-corrected chi connectivity index (χ4v) is 2.19. The molecule has 0 atom stereocenters. The molecule has 2 aromatic rings. The molecule has 0 spiro atoms. The maximum absolute atomic E-state index is 13.8. The number of carbonyl (C=O) groups is 1. The Morgan fingerprint density at radius 1 is 1.22 bits per heavy atom. The molecule has 2 rings (SSSR count). The van der Waals surface area contributed by atoms with Gasteiger partial charge in [-0.15, -0.1) is 0 Å². The largest absolute Gasteiger partial charge is 0.482 e. The summed E-state index contributed by atoms with van der Waals surface area (Å²) in [6.45, 7) is 1.24. The van der Waals surface area contributed by atoms with E-state index in [1.165, 1.54) is 25.1 Å². The van der Waals surface area contributed by atoms with Crippen molar-refractivity contribution in [1.82, 2.24) is 0 Å². The van der Waals surface area contributed by atoms with Crippen molar-refractivity contribution in [2.45, 2.75) is 20.0 Å². The molecule has 1 amide bonds. The first-order valence-electron chi connectivity index (χ1n) is 7.54. The van der Waals surface area contributed by atoms with Crippen LogP contribution in [0.25, 0.3) is 0 Å². The van der Waals surface area contributed by atoms with Gasteiger partial charge < -0.3 is 10.1 Å². The zero-order valence-electron chi connectivity index (χ0n) is 14.2. The molecular formula is C17H14F4N2O4. The summed E-state index contributed by atoms with van der Waals surface area (Å²) in [6, 6.07) is 5.83. The van der Waals surface area contributed by atoms with E-state index >= 15 is 0 Å². The molecular weight excluding hydrogens is 372 g/mol. The monoisotopic (exact) mass is 386 g/mol. The van der Waals surface area contributed by atoms with Crippen LogP contribution in [0.2, 0.25) is 0 Å². The summed E-state index contributed by atoms with van der Waals surface area (Å²) >= 11 is 0. The minimum Gasteiger partial charge on any atom is -0.482 e. The van der Waals surface area contributed by atoms with Crippen LogP contribution in [0, 0.1) is 29.8 Å². The summed E-state index contributed by atoms with van der Waals surface area (Å²) < 4.78 is 55.7. The lowest BCUT2D eigenvalue weighted by Gasteiger charge is -2.15. The van der Waals surface area contributed by atoms with Crippen LogP contribution >= 0.6 is 0 Å². The number of nitro groups is 1. The summed E-state index contributed by atoms with van der Waals surface area (Å²) in [4.78, 5) is 22.4. The fraction of sp³-hybridized carbons (Fsp3) is 0.235. The van der Waals surface area contributed by atoms with Gasteiger partial charge in [-0.3, -0.25) is 14.9 Å². The zero-order chi connectivity index (χ0) is 20.4. The van der Waals surface area contributed by atoms with E-state index in [2.05, 4.69) is 5.32 Å². The van der Waals surface area contributed by atoms with Crippen LogP contribution < -0.4 is 10.1 Å². The average molecular weight is 386 g/mol. The number of halogens is 4. The van der Waals surface area contributed by atoms with E-state index in [1.54, 1.807) is 6.92 Å². The van der Waals surface area contributed by atoms with Crippen LogP contribution in [0.4, 0.5) is 28.9 Å². The minimum absolute atomic E-state index is 0.0847. The Hall–Kier alpha value is -3.17. The van der Waals surface area contributed by atoms with Crippen LogP contribution in [0.1, 0.15) is 21.5 Å². The van der Waals surface area contributed by atoms with Crippen LogP contribution in [-0.4, -0.2) is 23.6 Å². The van der Waals surface area contributed by atoms with Crippen LogP contribution in [0.15, 0.2) is 30.3 Å². The lowest BCUT2D eigenvalue weighted by atomic mass is 10.1. The smallest absolute Gasteiger partial charge is 0.422 e. The first kappa shape index (κ1) is 20.1. The summed E-state index contributed by atoms with van der Waals surface area (Å²) in [7, 11) is 0. The molecule has 10 heteroatoms. The van der Waals surface area contributed by atoms with Gasteiger partial charge in [0.2, 0.25) is 0 Å². The van der Waals surface area contributed by atoms with Gasteiger partial charge >= 0.3 is 6.18 Å². The lowest BCUT2D eigenvalue weighted by Crippen LogP contribution is -2.20. The van der Waals surface area contributed by atoms with Crippen molar-refractivity contribution in [2.24, 2.45) is 0 Å². The zero-order valence-corrected chi connectivity index (χ0v) is 14.2. The number of ether oxygens (including phenoxy) is 1. The molecule has 0 unspecified atom stereocenters. The van der Waals surface area contributed by atoms with Gasteiger partial charge in [0, 0.05) is 11.6 Å². The lowest BCUT2D eigenvalue weighted by molar-refractivity contribution is -0.385. The Morgan fingerprint density at radius 3 is 2.48 bits per heavy atom. The predicted octanol–water partition coefficient (Wildman–Crippen LogP) is 4.54. The van der Waals surface area contributed by atoms with Crippen molar-refractivity contribution < 1.29 is 32.0 Å². The van der Waals surface area contributed by atoms with Crippen molar-refractivity contribution in [3.05, 3.63) is 63.0 Å². The SMILES string of the molecule is Cc1ccc(NC(=O)c2cc(F)c(C)c([N+](=O)[O-])c2)c(OCC(F)(F)F)c1. The number of anilines is 1. The van der Waals surface area contributed by atoms with E-state index in [-0.39, 0.29) is 22.6 Å². The van der Waals surface area contributed by atoms with Gasteiger partial charge in [0.25, 0.3) is 11.6 Å². The summed E-state index contributed by atoms with van der Waals surface area (Å²) in [5.74, 6) is -2.12. The number of nitro benzene ring substituents is 1. The van der Waals surface area contributed by atoms with E-state index in [9.17, 15) is 32.5 Å². The second kappa shape index (κ2) is 7.60. The maximum atomic E-state index is 13.8. The molecule has 0 aliphatic carbocycles. The number of alkyl halides is 3. The Morgan fingerprint density at radius 2 is 1.89 bits per heavy atom. The van der Waals surface area contributed by atoms with Crippen LogP contribution in [-0.2, 0) is 0 Å². The Bertz CT molecular complexity index is 897. The predicted molar refractivity (Wildman–Crippen MR) is 88.5 cm³/mol. The van der Waals surface area contributed by atoms with Crippen LogP contribution in [0.3, 0.4) is 0 Å². The Balaban J connectivity index is 2.32. The van der Waals surface area contributed by atoms with Gasteiger partial charge in [0.1, 0.15) is 11.6 Å². The van der Waals surface area contributed by atoms with Gasteiger partial charge in [-0.05, 0) is 37.6 Å². The number of amides is 1. The fourth-order valence-electron chi connectivity index (χ4n) is 2.19. The average Bonchev–Trinajstić information content (AvgIpc) is 2.56. The third-order valence-electron chi connectivity index (χ3n) is 3.55. The molecule has 0 aliphatic heterocycles. The van der Waals surface area contributed by atoms with Crippen molar-refractivity contribution >= 4 is 17.3 Å². The van der Waals surface area contributed by atoms with E-state index < -0.39 is 35.1 Å². The molecule has 0 fully saturated rings. The minimum atomic E-state index is -4.58. The Labute approximate surface area is 150 Å². The highest BCUT2D eigenvalue weighted by molar-refractivity contribution is 6.05. The van der Waals surface area contributed by atoms with E-state index in [4.69, 9.17) is 4.74 Å². The van der Waals surface area contributed by atoms with Gasteiger partial charge in [-0.2, -0.15) is 13.2 Å². The second-order valence-corrected chi connectivity index (χ2v) is 5.72. The van der Waals surface area contributed by atoms with Crippen molar-refractivity contribution in [3.8, 4) is 5.75 Å². The van der Waals surface area contributed by atoms with E-state index in [1.807, 2.05) is 0 Å². The summed E-state index contributed by atoms with van der Waals surface area (Å²) in [6.07, 6.45) is -4.58. The van der Waals surface area contributed by atoms with Crippen molar-refractivity contribution in [1.29, 1.82) is 0 Å². The molecule has 0 saturated heterocycles. The summed E-state index contributed by atoms with van der Waals surface area (Å²) in [5.41, 5.74) is -0.675. The summed E-state index contributed by atoms with van der Waals surface area (Å²) in [5, 5.41) is 13.2. The number of carbonyl (C=O) groups excluding carboxylic acids is 1. The quantitative estimate of drug-likeness (QED) is 0.465. The van der Waals surface area contributed by atoms with Crippen LogP contribution in [0.5, 0.6) is 5.75 Å². The van der Waals surface area contributed by atoms with E-state index in [0.29, 0.717) is 5.56 Å². The van der Waals surface area contributed by atoms with Gasteiger partial charge in [-0.25, -0.2) is 4.39 Å². The normalized spacial score (nSPS) is 11.2. The number of benzene rings is 2. The third-order valence-corrected chi connectivity index (χ3v) is 3.55. The number of hydrogen-bond acceptors (Lipinski definition) is 4. The topological polar surface area (TPSA) is 81.5 Å². The molecule has 0 radical (unpaired) electrons. The van der Waals surface area contributed by atoms with E-state index in [0.717, 1.165) is 12.1 Å². The molecule has 2 aromatic carbocycles. The number of nitrogens with one attached hydrogen (secondary N) is 1. The highest BCUT2D eigenvalue weighted by Crippen LogP contribution is 2.29. The third kappa shape index (κ3) is 5.16. The second-order valence-electron chi connectivity index (χ2n) is 5.72. The highest BCUT2D eigenvalue weighted by atomic mass is 19.4. The van der Waals surface area contributed by atoms with Gasteiger partial charge in [-0.1, -0.05) is 6.07 Å². The standard InChI is InChI=1S/C17H14F4N2O4/c1-9-3-4-13(15(5-9)27-8-17(19,20)21)22-16(24)11-6-12(18)10(2)14(7-11)23(25)26/h3-7H,8H2,1-2H3,(H,22,24). The highest BCUT2D eigenvalue weighted by Gasteiger charge is 2.29. The molecule has 1 N–H and O–H groups in total. The molecule has 0 heterocycles. The molecule has 144 valence electrons. The first-order valence-corrected chi connectivity index (χ1v) is 7.54. The number of hydrogen-bond donors (Lipinski definition) is 1. The number of nitrogens with zero attached hydrogens (tertiary/aromatic N) is 1. The van der Waals surface area contributed by atoms with Gasteiger partial charge in [0.15, 0.2) is 6.61 Å². The number of rotatable bonds is 5. The molecule has 0 aliphatic rings. The maximum Gasteiger partial charge on any atom is 0.422 e. The molecule has 27 heavy (non-hydrogen) atoms. The molecule has 0 aromatic heterocycles.